The molecule has 0 aliphatic carbocycles. The molecule has 6 nitrogen and oxygen atoms in total. The zero-order chi connectivity index (χ0) is 15.5. The van der Waals surface area contributed by atoms with E-state index in [1.807, 2.05) is 6.07 Å². The average Bonchev–Trinajstić information content (AvgIpc) is 2.47. The highest BCUT2D eigenvalue weighted by Gasteiger charge is 2.14. The third-order valence-electron chi connectivity index (χ3n) is 2.66. The quantitative estimate of drug-likeness (QED) is 0.898. The molecular formula is C14H10N2O4S. The minimum Gasteiger partial charge on any atom is -0.478 e. The van der Waals surface area contributed by atoms with Crippen molar-refractivity contribution in [3.05, 3.63) is 59.7 Å². The van der Waals surface area contributed by atoms with Gasteiger partial charge >= 0.3 is 5.97 Å². The van der Waals surface area contributed by atoms with E-state index in [-0.39, 0.29) is 16.1 Å². The van der Waals surface area contributed by atoms with E-state index in [0.717, 1.165) is 0 Å². The van der Waals surface area contributed by atoms with Gasteiger partial charge in [-0.25, -0.2) is 13.2 Å². The number of aromatic carboxylic acids is 1. The highest BCUT2D eigenvalue weighted by molar-refractivity contribution is 7.92. The van der Waals surface area contributed by atoms with Crippen LogP contribution in [0, 0.1) is 11.3 Å². The van der Waals surface area contributed by atoms with Gasteiger partial charge in [0, 0.05) is 5.69 Å². The van der Waals surface area contributed by atoms with Gasteiger partial charge in [-0.3, -0.25) is 4.72 Å². The molecule has 0 fully saturated rings. The summed E-state index contributed by atoms with van der Waals surface area (Å²) in [6, 6.07) is 12.8. The lowest BCUT2D eigenvalue weighted by molar-refractivity contribution is 0.0697. The van der Waals surface area contributed by atoms with Gasteiger partial charge in [-0.15, -0.1) is 0 Å². The number of hydrogen-bond acceptors (Lipinski definition) is 4. The minimum absolute atomic E-state index is 0.0118. The van der Waals surface area contributed by atoms with Crippen LogP contribution in [0.4, 0.5) is 5.69 Å². The lowest BCUT2D eigenvalue weighted by Crippen LogP contribution is -2.13. The van der Waals surface area contributed by atoms with E-state index < -0.39 is 16.0 Å². The zero-order valence-electron chi connectivity index (χ0n) is 10.6. The number of sulfonamides is 1. The Hall–Kier alpha value is -2.85. The normalized spacial score (nSPS) is 10.6. The molecule has 0 unspecified atom stereocenters. The summed E-state index contributed by atoms with van der Waals surface area (Å²) in [6.07, 6.45) is 0. The first-order valence-corrected chi connectivity index (χ1v) is 7.27. The van der Waals surface area contributed by atoms with Gasteiger partial charge in [-0.1, -0.05) is 6.07 Å². The van der Waals surface area contributed by atoms with E-state index >= 15 is 0 Å². The number of carboxylic acid groups (broad SMARTS) is 1. The molecule has 0 bridgehead atoms. The largest absolute Gasteiger partial charge is 0.478 e. The topological polar surface area (TPSA) is 107 Å². The number of nitrogens with zero attached hydrogens (tertiary/aromatic N) is 1. The van der Waals surface area contributed by atoms with Crippen molar-refractivity contribution in [2.75, 3.05) is 4.72 Å². The van der Waals surface area contributed by atoms with E-state index in [0.29, 0.717) is 5.56 Å². The maximum Gasteiger partial charge on any atom is 0.335 e. The SMILES string of the molecule is N#Cc1ccc(S(=O)(=O)Nc2cccc(C(=O)O)c2)cc1. The molecule has 0 spiro atoms. The Balaban J connectivity index is 2.30. The van der Waals surface area contributed by atoms with Gasteiger partial charge in [0.05, 0.1) is 22.1 Å². The van der Waals surface area contributed by atoms with Crippen molar-refractivity contribution < 1.29 is 18.3 Å². The van der Waals surface area contributed by atoms with Crippen LogP contribution in [0.25, 0.3) is 0 Å². The predicted molar refractivity (Wildman–Crippen MR) is 75.4 cm³/mol. The summed E-state index contributed by atoms with van der Waals surface area (Å²) >= 11 is 0. The molecular weight excluding hydrogens is 292 g/mol. The van der Waals surface area contributed by atoms with Crippen LogP contribution in [0.15, 0.2) is 53.4 Å². The van der Waals surface area contributed by atoms with Crippen LogP contribution in [0.3, 0.4) is 0 Å². The van der Waals surface area contributed by atoms with Gasteiger partial charge in [0.2, 0.25) is 0 Å². The Bertz CT molecular complexity index is 821. The molecule has 106 valence electrons. The van der Waals surface area contributed by atoms with E-state index in [1.54, 1.807) is 0 Å². The molecule has 7 heteroatoms. The highest BCUT2D eigenvalue weighted by Crippen LogP contribution is 2.17. The van der Waals surface area contributed by atoms with E-state index in [2.05, 4.69) is 4.72 Å². The van der Waals surface area contributed by atoms with Crippen LogP contribution in [-0.2, 0) is 10.0 Å². The smallest absolute Gasteiger partial charge is 0.335 e. The summed E-state index contributed by atoms with van der Waals surface area (Å²) < 4.78 is 26.6. The number of hydrogen-bond donors (Lipinski definition) is 2. The third-order valence-corrected chi connectivity index (χ3v) is 4.05. The molecule has 0 saturated heterocycles. The Kier molecular flexibility index (Phi) is 3.91. The molecule has 0 amide bonds. The van der Waals surface area contributed by atoms with Crippen molar-refractivity contribution in [2.24, 2.45) is 0 Å². The van der Waals surface area contributed by atoms with Crippen LogP contribution in [0.1, 0.15) is 15.9 Å². The number of carbonyl (C=O) groups is 1. The van der Waals surface area contributed by atoms with E-state index in [9.17, 15) is 13.2 Å². The molecule has 2 N–H and O–H groups in total. The highest BCUT2D eigenvalue weighted by atomic mass is 32.2. The van der Waals surface area contributed by atoms with Crippen molar-refractivity contribution in [3.8, 4) is 6.07 Å². The van der Waals surface area contributed by atoms with E-state index in [4.69, 9.17) is 10.4 Å². The molecule has 2 aromatic carbocycles. The first-order chi connectivity index (χ1) is 9.92. The van der Waals surface area contributed by atoms with Crippen molar-refractivity contribution in [1.29, 1.82) is 5.26 Å². The van der Waals surface area contributed by atoms with Crippen molar-refractivity contribution in [2.45, 2.75) is 4.90 Å². The molecule has 0 aliphatic heterocycles. The van der Waals surface area contributed by atoms with Gasteiger partial charge in [0.1, 0.15) is 0 Å². The molecule has 0 heterocycles. The fraction of sp³-hybridized carbons (Fsp3) is 0. The lowest BCUT2D eigenvalue weighted by Gasteiger charge is -2.08. The Morgan fingerprint density at radius 1 is 1.14 bits per heavy atom. The number of anilines is 1. The summed E-state index contributed by atoms with van der Waals surface area (Å²) in [7, 11) is -3.83. The summed E-state index contributed by atoms with van der Waals surface area (Å²) in [4.78, 5) is 10.8. The van der Waals surface area contributed by atoms with Crippen LogP contribution >= 0.6 is 0 Å². The molecule has 0 aromatic heterocycles. The third kappa shape index (κ3) is 3.38. The second-order valence-corrected chi connectivity index (χ2v) is 5.81. The molecule has 2 rings (SSSR count). The Morgan fingerprint density at radius 3 is 2.38 bits per heavy atom. The van der Waals surface area contributed by atoms with Crippen molar-refractivity contribution >= 4 is 21.7 Å². The monoisotopic (exact) mass is 302 g/mol. The maximum absolute atomic E-state index is 12.1. The standard InChI is InChI=1S/C14H10N2O4S/c15-9-10-4-6-13(7-5-10)21(19,20)16-12-3-1-2-11(8-12)14(17)18/h1-8,16H,(H,17,18). The summed E-state index contributed by atoms with van der Waals surface area (Å²) in [5.41, 5.74) is 0.483. The van der Waals surface area contributed by atoms with E-state index in [1.165, 1.54) is 48.5 Å². The molecule has 0 aliphatic rings. The predicted octanol–water partition coefficient (Wildman–Crippen LogP) is 2.06. The molecule has 0 atom stereocenters. The first kappa shape index (κ1) is 14.6. The Labute approximate surface area is 121 Å². The zero-order valence-corrected chi connectivity index (χ0v) is 11.5. The van der Waals surface area contributed by atoms with Gasteiger partial charge in [-0.05, 0) is 42.5 Å². The second-order valence-electron chi connectivity index (χ2n) is 4.13. The maximum atomic E-state index is 12.1. The lowest BCUT2D eigenvalue weighted by atomic mass is 10.2. The molecule has 21 heavy (non-hydrogen) atoms. The molecule has 0 saturated carbocycles. The number of rotatable bonds is 4. The molecule has 2 aromatic rings. The van der Waals surface area contributed by atoms with Crippen molar-refractivity contribution in [1.82, 2.24) is 0 Å². The summed E-state index contributed by atoms with van der Waals surface area (Å²) in [5.74, 6) is -1.14. The average molecular weight is 302 g/mol. The fourth-order valence-corrected chi connectivity index (χ4v) is 2.69. The number of nitrogens with one attached hydrogen (secondary N) is 1. The number of nitriles is 1. The van der Waals surface area contributed by atoms with Gasteiger partial charge in [-0.2, -0.15) is 5.26 Å². The summed E-state index contributed by atoms with van der Waals surface area (Å²) in [5, 5.41) is 17.6. The summed E-state index contributed by atoms with van der Waals surface area (Å²) in [6.45, 7) is 0. The first-order valence-electron chi connectivity index (χ1n) is 5.79. The van der Waals surface area contributed by atoms with Crippen molar-refractivity contribution in [3.63, 3.8) is 0 Å². The number of benzene rings is 2. The fourth-order valence-electron chi connectivity index (χ4n) is 1.64. The van der Waals surface area contributed by atoms with Gasteiger partial charge < -0.3 is 5.11 Å². The van der Waals surface area contributed by atoms with Crippen LogP contribution < -0.4 is 4.72 Å². The molecule has 0 radical (unpaired) electrons. The van der Waals surface area contributed by atoms with Crippen LogP contribution in [0.5, 0.6) is 0 Å². The van der Waals surface area contributed by atoms with Crippen LogP contribution in [0.2, 0.25) is 0 Å². The number of carboxylic acids is 1. The Morgan fingerprint density at radius 2 is 1.81 bits per heavy atom. The minimum atomic E-state index is -3.83. The van der Waals surface area contributed by atoms with Gasteiger partial charge in [0.15, 0.2) is 0 Å². The van der Waals surface area contributed by atoms with Crippen LogP contribution in [-0.4, -0.2) is 19.5 Å². The second kappa shape index (κ2) is 5.64. The van der Waals surface area contributed by atoms with Gasteiger partial charge in [0.25, 0.3) is 10.0 Å².